The highest BCUT2D eigenvalue weighted by molar-refractivity contribution is 7.85. The molecule has 3 nitrogen and oxygen atoms in total. The zero-order valence-electron chi connectivity index (χ0n) is 11.6. The number of benzene rings is 1. The maximum atomic E-state index is 13.8. The Morgan fingerprint density at radius 2 is 2.30 bits per heavy atom. The van der Waals surface area contributed by atoms with Crippen LogP contribution >= 0.6 is 0 Å². The number of halogens is 1. The average Bonchev–Trinajstić information content (AvgIpc) is 2.48. The fourth-order valence-corrected chi connectivity index (χ4v) is 4.02. The zero-order valence-corrected chi connectivity index (χ0v) is 12.4. The Morgan fingerprint density at radius 3 is 2.95 bits per heavy atom. The Hall–Kier alpha value is -1.41. The molecule has 0 aliphatic heterocycles. The molecule has 0 amide bonds. The van der Waals surface area contributed by atoms with Gasteiger partial charge in [0.05, 0.1) is 17.3 Å². The molecule has 1 fully saturated rings. The molecule has 2 rings (SSSR count). The van der Waals surface area contributed by atoms with E-state index in [-0.39, 0.29) is 11.3 Å². The second-order valence-corrected chi connectivity index (χ2v) is 7.11. The second kappa shape index (κ2) is 6.85. The van der Waals surface area contributed by atoms with Crippen molar-refractivity contribution in [3.05, 3.63) is 29.6 Å². The van der Waals surface area contributed by atoms with Crippen LogP contribution in [0, 0.1) is 17.1 Å². The van der Waals surface area contributed by atoms with Crippen LogP contribution in [0.15, 0.2) is 18.2 Å². The van der Waals surface area contributed by atoms with Crippen molar-refractivity contribution in [3.63, 3.8) is 0 Å². The van der Waals surface area contributed by atoms with E-state index < -0.39 is 16.6 Å². The summed E-state index contributed by atoms with van der Waals surface area (Å²) in [5, 5.41) is 12.1. The smallest absolute Gasteiger partial charge is 0.147 e. The van der Waals surface area contributed by atoms with Crippen LogP contribution in [-0.4, -0.2) is 21.3 Å². The molecule has 0 spiro atoms. The van der Waals surface area contributed by atoms with Gasteiger partial charge in [-0.25, -0.2) is 4.39 Å². The maximum absolute atomic E-state index is 13.8. The molecule has 108 valence electrons. The van der Waals surface area contributed by atoms with Gasteiger partial charge < -0.3 is 5.32 Å². The van der Waals surface area contributed by atoms with Gasteiger partial charge in [-0.1, -0.05) is 13.3 Å². The van der Waals surface area contributed by atoms with Crippen molar-refractivity contribution in [2.45, 2.75) is 43.9 Å². The van der Waals surface area contributed by atoms with Gasteiger partial charge in [-0.05, 0) is 37.5 Å². The molecular formula is C15H19FN2OS. The summed E-state index contributed by atoms with van der Waals surface area (Å²) in [6, 6.07) is 6.53. The maximum Gasteiger partial charge on any atom is 0.147 e. The molecule has 0 radical (unpaired) electrons. The third-order valence-corrected chi connectivity index (χ3v) is 5.48. The highest BCUT2D eigenvalue weighted by Crippen LogP contribution is 2.26. The Labute approximate surface area is 121 Å². The summed E-state index contributed by atoms with van der Waals surface area (Å²) in [6.45, 7) is 1.94. The van der Waals surface area contributed by atoms with E-state index >= 15 is 0 Å². The number of nitriles is 1. The molecule has 1 N–H and O–H groups in total. The summed E-state index contributed by atoms with van der Waals surface area (Å²) < 4.78 is 25.7. The highest BCUT2D eigenvalue weighted by Gasteiger charge is 2.25. The summed E-state index contributed by atoms with van der Waals surface area (Å²) in [5.74, 6) is 0.283. The molecule has 1 saturated carbocycles. The Bertz CT molecular complexity index is 541. The first-order valence-electron chi connectivity index (χ1n) is 6.97. The first kappa shape index (κ1) is 15.0. The van der Waals surface area contributed by atoms with Crippen molar-refractivity contribution in [1.29, 1.82) is 5.26 Å². The van der Waals surface area contributed by atoms with Gasteiger partial charge in [0.15, 0.2) is 0 Å². The largest absolute Gasteiger partial charge is 0.380 e. The van der Waals surface area contributed by atoms with Crippen molar-refractivity contribution in [3.8, 4) is 6.07 Å². The van der Waals surface area contributed by atoms with E-state index in [0.717, 1.165) is 25.7 Å². The van der Waals surface area contributed by atoms with E-state index in [1.54, 1.807) is 12.1 Å². The third-order valence-electron chi connectivity index (χ3n) is 3.74. The fraction of sp³-hybridized carbons (Fsp3) is 0.533. The lowest BCUT2D eigenvalue weighted by Gasteiger charge is -2.29. The molecule has 1 aliphatic rings. The Kier molecular flexibility index (Phi) is 5.13. The van der Waals surface area contributed by atoms with Crippen LogP contribution in [0.25, 0.3) is 0 Å². The van der Waals surface area contributed by atoms with E-state index in [2.05, 4.69) is 5.32 Å². The standard InChI is InChI=1S/C15H19FN2OS/c1-2-20(19)13-5-3-4-12(9-13)18-15-7-6-11(10-17)8-14(15)16/h6-8,12-13,18H,2-5,9H2,1H3. The minimum atomic E-state index is -0.779. The summed E-state index contributed by atoms with van der Waals surface area (Å²) in [6.07, 6.45) is 3.80. The van der Waals surface area contributed by atoms with Gasteiger partial charge in [0.1, 0.15) is 5.82 Å². The van der Waals surface area contributed by atoms with Crippen LogP contribution in [0.1, 0.15) is 38.2 Å². The van der Waals surface area contributed by atoms with Crippen molar-refractivity contribution in [2.75, 3.05) is 11.1 Å². The third kappa shape index (κ3) is 3.57. The van der Waals surface area contributed by atoms with Crippen molar-refractivity contribution < 1.29 is 8.60 Å². The van der Waals surface area contributed by atoms with Gasteiger partial charge in [-0.2, -0.15) is 5.26 Å². The Morgan fingerprint density at radius 1 is 1.50 bits per heavy atom. The molecular weight excluding hydrogens is 275 g/mol. The monoisotopic (exact) mass is 294 g/mol. The highest BCUT2D eigenvalue weighted by atomic mass is 32.2. The lowest BCUT2D eigenvalue weighted by atomic mass is 9.94. The van der Waals surface area contributed by atoms with Gasteiger partial charge in [-0.3, -0.25) is 4.21 Å². The van der Waals surface area contributed by atoms with Crippen molar-refractivity contribution >= 4 is 16.5 Å². The lowest BCUT2D eigenvalue weighted by Crippen LogP contribution is -2.33. The number of rotatable bonds is 4. The quantitative estimate of drug-likeness (QED) is 0.928. The molecule has 3 atom stereocenters. The predicted molar refractivity (Wildman–Crippen MR) is 79.5 cm³/mol. The molecule has 1 aromatic rings. The number of hydrogen-bond acceptors (Lipinski definition) is 3. The molecule has 3 unspecified atom stereocenters. The van der Waals surface area contributed by atoms with Crippen LogP contribution in [-0.2, 0) is 10.8 Å². The second-order valence-electron chi connectivity index (χ2n) is 5.11. The van der Waals surface area contributed by atoms with Gasteiger partial charge in [0, 0.05) is 27.8 Å². The number of hydrogen-bond donors (Lipinski definition) is 1. The molecule has 0 saturated heterocycles. The minimum absolute atomic E-state index is 0.159. The summed E-state index contributed by atoms with van der Waals surface area (Å²) in [7, 11) is -0.779. The first-order chi connectivity index (χ1) is 9.63. The molecule has 20 heavy (non-hydrogen) atoms. The van der Waals surface area contributed by atoms with E-state index in [0.29, 0.717) is 17.0 Å². The predicted octanol–water partition coefficient (Wildman–Crippen LogP) is 3.19. The summed E-state index contributed by atoms with van der Waals surface area (Å²) >= 11 is 0. The van der Waals surface area contributed by atoms with Gasteiger partial charge in [0.2, 0.25) is 0 Å². The van der Waals surface area contributed by atoms with Gasteiger partial charge in [-0.15, -0.1) is 0 Å². The molecule has 0 heterocycles. The van der Waals surface area contributed by atoms with E-state index in [4.69, 9.17) is 5.26 Å². The van der Waals surface area contributed by atoms with E-state index in [9.17, 15) is 8.60 Å². The normalized spacial score (nSPS) is 23.9. The van der Waals surface area contributed by atoms with Crippen LogP contribution in [0.2, 0.25) is 0 Å². The topological polar surface area (TPSA) is 52.9 Å². The Balaban J connectivity index is 2.03. The SMILES string of the molecule is CCS(=O)C1CCCC(Nc2ccc(C#N)cc2F)C1. The van der Waals surface area contributed by atoms with E-state index in [1.165, 1.54) is 6.07 Å². The molecule has 5 heteroatoms. The van der Waals surface area contributed by atoms with Crippen LogP contribution in [0.4, 0.5) is 10.1 Å². The van der Waals surface area contributed by atoms with Gasteiger partial charge >= 0.3 is 0 Å². The lowest BCUT2D eigenvalue weighted by molar-refractivity contribution is 0.463. The molecule has 1 aliphatic carbocycles. The summed E-state index contributed by atoms with van der Waals surface area (Å²) in [5.41, 5.74) is 0.749. The first-order valence-corrected chi connectivity index (χ1v) is 8.35. The minimum Gasteiger partial charge on any atom is -0.380 e. The molecule has 1 aromatic carbocycles. The van der Waals surface area contributed by atoms with Crippen LogP contribution < -0.4 is 5.32 Å². The van der Waals surface area contributed by atoms with Gasteiger partial charge in [0.25, 0.3) is 0 Å². The van der Waals surface area contributed by atoms with Crippen LogP contribution in [0.5, 0.6) is 0 Å². The van der Waals surface area contributed by atoms with E-state index in [1.807, 2.05) is 13.0 Å². The van der Waals surface area contributed by atoms with Crippen LogP contribution in [0.3, 0.4) is 0 Å². The average molecular weight is 294 g/mol. The van der Waals surface area contributed by atoms with Crippen molar-refractivity contribution in [1.82, 2.24) is 0 Å². The van der Waals surface area contributed by atoms with Crippen molar-refractivity contribution in [2.24, 2.45) is 0 Å². The number of nitrogens with zero attached hydrogens (tertiary/aromatic N) is 1. The number of nitrogens with one attached hydrogen (secondary N) is 1. The number of anilines is 1. The fourth-order valence-electron chi connectivity index (χ4n) is 2.67. The zero-order chi connectivity index (χ0) is 14.5. The molecule has 0 bridgehead atoms. The summed E-state index contributed by atoms with van der Waals surface area (Å²) in [4.78, 5) is 0. The molecule has 0 aromatic heterocycles.